The lowest BCUT2D eigenvalue weighted by Crippen LogP contribution is -2.19. The molecule has 2 heterocycles. The van der Waals surface area contributed by atoms with E-state index < -0.39 is 0 Å². The Hall–Kier alpha value is -1.47. The molecule has 0 radical (unpaired) electrons. The van der Waals surface area contributed by atoms with Gasteiger partial charge >= 0.3 is 6.01 Å². The van der Waals surface area contributed by atoms with Crippen molar-refractivity contribution in [3.05, 3.63) is 22.0 Å². The molecule has 7 heteroatoms. The Morgan fingerprint density at radius 3 is 2.84 bits per heavy atom. The fourth-order valence-corrected chi connectivity index (χ4v) is 2.13. The van der Waals surface area contributed by atoms with Gasteiger partial charge in [-0.1, -0.05) is 18.9 Å². The first-order valence-electron chi connectivity index (χ1n) is 6.31. The maximum absolute atomic E-state index is 5.47. The summed E-state index contributed by atoms with van der Waals surface area (Å²) in [4.78, 5) is 4.36. The zero-order chi connectivity index (χ0) is 13.7. The molecule has 0 aliphatic carbocycles. The number of aryl methyl sites for hydroxylation is 1. The summed E-state index contributed by atoms with van der Waals surface area (Å²) in [7, 11) is 0. The molecule has 0 aliphatic rings. The van der Waals surface area contributed by atoms with Crippen LogP contribution in [0.3, 0.4) is 0 Å². The van der Waals surface area contributed by atoms with Gasteiger partial charge in [-0.15, -0.1) is 16.4 Å². The second-order valence-corrected chi connectivity index (χ2v) is 5.80. The van der Waals surface area contributed by atoms with Crippen molar-refractivity contribution in [3.8, 4) is 0 Å². The third-order valence-corrected chi connectivity index (χ3v) is 3.21. The minimum Gasteiger partial charge on any atom is -0.407 e. The lowest BCUT2D eigenvalue weighted by Gasteiger charge is -2.03. The van der Waals surface area contributed by atoms with Crippen LogP contribution in [0.2, 0.25) is 0 Å². The normalized spacial score (nSPS) is 11.2. The van der Waals surface area contributed by atoms with Gasteiger partial charge in [-0.3, -0.25) is 0 Å². The number of hydrogen-bond donors (Lipinski definition) is 2. The molecule has 0 atom stereocenters. The van der Waals surface area contributed by atoms with Gasteiger partial charge in [0.2, 0.25) is 5.89 Å². The summed E-state index contributed by atoms with van der Waals surface area (Å²) in [6.45, 7) is 8.43. The highest BCUT2D eigenvalue weighted by Gasteiger charge is 2.06. The molecule has 2 rings (SSSR count). The van der Waals surface area contributed by atoms with Gasteiger partial charge in [-0.25, -0.2) is 4.98 Å². The van der Waals surface area contributed by atoms with Crippen LogP contribution in [-0.2, 0) is 13.1 Å². The van der Waals surface area contributed by atoms with Crippen molar-refractivity contribution >= 4 is 17.4 Å². The van der Waals surface area contributed by atoms with Crippen LogP contribution in [-0.4, -0.2) is 21.7 Å². The number of hydrogen-bond acceptors (Lipinski definition) is 7. The average molecular weight is 281 g/mol. The van der Waals surface area contributed by atoms with Crippen molar-refractivity contribution < 1.29 is 4.42 Å². The average Bonchev–Trinajstić information content (AvgIpc) is 2.95. The van der Waals surface area contributed by atoms with Gasteiger partial charge in [0.25, 0.3) is 0 Å². The maximum atomic E-state index is 5.47. The third kappa shape index (κ3) is 4.60. The molecule has 0 fully saturated rings. The quantitative estimate of drug-likeness (QED) is 0.810. The van der Waals surface area contributed by atoms with Crippen LogP contribution < -0.4 is 10.6 Å². The minimum atomic E-state index is 0.437. The van der Waals surface area contributed by atoms with Crippen molar-refractivity contribution in [3.63, 3.8) is 0 Å². The molecular weight excluding hydrogens is 262 g/mol. The Kier molecular flexibility index (Phi) is 4.86. The van der Waals surface area contributed by atoms with Crippen molar-refractivity contribution in [2.75, 3.05) is 11.9 Å². The molecule has 2 aromatic heterocycles. The van der Waals surface area contributed by atoms with E-state index in [-0.39, 0.29) is 0 Å². The van der Waals surface area contributed by atoms with E-state index in [1.165, 1.54) is 0 Å². The van der Waals surface area contributed by atoms with E-state index >= 15 is 0 Å². The molecule has 0 amide bonds. The highest BCUT2D eigenvalue weighted by Crippen LogP contribution is 2.11. The second kappa shape index (κ2) is 6.63. The highest BCUT2D eigenvalue weighted by molar-refractivity contribution is 7.09. The second-order valence-electron chi connectivity index (χ2n) is 4.74. The van der Waals surface area contributed by atoms with Crippen LogP contribution in [0.25, 0.3) is 0 Å². The Bertz CT molecular complexity index is 508. The molecule has 0 saturated heterocycles. The number of thiazole rings is 1. The number of nitrogens with zero attached hydrogens (tertiary/aromatic N) is 3. The molecule has 0 saturated carbocycles. The SMILES string of the molecule is Cc1nc(CNc2nnc(CNCC(C)C)o2)cs1. The van der Waals surface area contributed by atoms with Crippen LogP contribution in [0, 0.1) is 12.8 Å². The fourth-order valence-electron chi connectivity index (χ4n) is 1.52. The largest absolute Gasteiger partial charge is 0.407 e. The molecular formula is C12H19N5OS. The van der Waals surface area contributed by atoms with E-state index in [4.69, 9.17) is 4.42 Å². The van der Waals surface area contributed by atoms with Gasteiger partial charge in [0.15, 0.2) is 0 Å². The first-order valence-corrected chi connectivity index (χ1v) is 7.19. The lowest BCUT2D eigenvalue weighted by molar-refractivity contribution is 0.458. The molecule has 0 bridgehead atoms. The molecule has 2 N–H and O–H groups in total. The van der Waals surface area contributed by atoms with E-state index in [0.717, 1.165) is 17.2 Å². The summed E-state index contributed by atoms with van der Waals surface area (Å²) in [6.07, 6.45) is 0. The third-order valence-electron chi connectivity index (χ3n) is 2.38. The van der Waals surface area contributed by atoms with E-state index in [9.17, 15) is 0 Å². The summed E-state index contributed by atoms with van der Waals surface area (Å²) in [5.41, 5.74) is 0.986. The number of aromatic nitrogens is 3. The predicted molar refractivity (Wildman–Crippen MR) is 75.0 cm³/mol. The highest BCUT2D eigenvalue weighted by atomic mass is 32.1. The smallest absolute Gasteiger partial charge is 0.315 e. The molecule has 0 aromatic carbocycles. The monoisotopic (exact) mass is 281 g/mol. The van der Waals surface area contributed by atoms with Crippen molar-refractivity contribution in [1.29, 1.82) is 0 Å². The van der Waals surface area contributed by atoms with E-state index in [0.29, 0.717) is 30.9 Å². The Morgan fingerprint density at radius 1 is 1.32 bits per heavy atom. The van der Waals surface area contributed by atoms with Gasteiger partial charge < -0.3 is 15.1 Å². The number of nitrogens with one attached hydrogen (secondary N) is 2. The maximum Gasteiger partial charge on any atom is 0.315 e. The summed E-state index contributed by atoms with van der Waals surface area (Å²) in [6, 6.07) is 0.437. The summed E-state index contributed by atoms with van der Waals surface area (Å²) >= 11 is 1.63. The topological polar surface area (TPSA) is 75.9 Å². The first-order chi connectivity index (χ1) is 9.13. The fraction of sp³-hybridized carbons (Fsp3) is 0.583. The van der Waals surface area contributed by atoms with Crippen molar-refractivity contribution in [2.45, 2.75) is 33.9 Å². The van der Waals surface area contributed by atoms with Gasteiger partial charge in [0.1, 0.15) is 0 Å². The van der Waals surface area contributed by atoms with E-state index in [2.05, 4.69) is 39.7 Å². The molecule has 19 heavy (non-hydrogen) atoms. The van der Waals surface area contributed by atoms with Gasteiger partial charge in [-0.2, -0.15) is 0 Å². The standard InChI is InChI=1S/C12H19N5OS/c1-8(2)4-13-6-11-16-17-12(18-11)14-5-10-7-19-9(3)15-10/h7-8,13H,4-6H2,1-3H3,(H,14,17). The van der Waals surface area contributed by atoms with E-state index in [1.807, 2.05) is 12.3 Å². The van der Waals surface area contributed by atoms with Crippen LogP contribution in [0.15, 0.2) is 9.80 Å². The van der Waals surface area contributed by atoms with Crippen LogP contribution in [0.4, 0.5) is 6.01 Å². The van der Waals surface area contributed by atoms with Gasteiger partial charge in [0, 0.05) is 5.38 Å². The Morgan fingerprint density at radius 2 is 2.16 bits per heavy atom. The molecule has 104 valence electrons. The molecule has 0 aliphatic heterocycles. The van der Waals surface area contributed by atoms with Gasteiger partial charge in [0.05, 0.1) is 23.8 Å². The van der Waals surface area contributed by atoms with Crippen molar-refractivity contribution in [1.82, 2.24) is 20.5 Å². The van der Waals surface area contributed by atoms with E-state index in [1.54, 1.807) is 11.3 Å². The van der Waals surface area contributed by atoms with Crippen LogP contribution >= 0.6 is 11.3 Å². The Labute approximate surface area is 116 Å². The summed E-state index contributed by atoms with van der Waals surface area (Å²) in [5.74, 6) is 1.20. The summed E-state index contributed by atoms with van der Waals surface area (Å²) in [5, 5.41) is 17.3. The Balaban J connectivity index is 1.77. The lowest BCUT2D eigenvalue weighted by atomic mass is 10.2. The number of rotatable bonds is 7. The zero-order valence-electron chi connectivity index (χ0n) is 11.4. The first kappa shape index (κ1) is 14.0. The zero-order valence-corrected chi connectivity index (χ0v) is 12.3. The number of anilines is 1. The molecule has 6 nitrogen and oxygen atoms in total. The summed E-state index contributed by atoms with van der Waals surface area (Å²) < 4.78 is 5.47. The van der Waals surface area contributed by atoms with Crippen molar-refractivity contribution in [2.24, 2.45) is 5.92 Å². The van der Waals surface area contributed by atoms with Crippen LogP contribution in [0.5, 0.6) is 0 Å². The molecule has 2 aromatic rings. The van der Waals surface area contributed by atoms with Crippen LogP contribution in [0.1, 0.15) is 30.4 Å². The minimum absolute atomic E-state index is 0.437. The molecule has 0 spiro atoms. The van der Waals surface area contributed by atoms with Gasteiger partial charge in [-0.05, 0) is 19.4 Å². The predicted octanol–water partition coefficient (Wildman–Crippen LogP) is 2.19. The molecule has 0 unspecified atom stereocenters.